The second kappa shape index (κ2) is 8.60. The van der Waals surface area contributed by atoms with Crippen LogP contribution >= 0.6 is 15.9 Å². The van der Waals surface area contributed by atoms with Gasteiger partial charge in [0.25, 0.3) is 0 Å². The molecule has 1 aliphatic heterocycles. The summed E-state index contributed by atoms with van der Waals surface area (Å²) in [6.07, 6.45) is 7.48. The minimum atomic E-state index is 0.853. The minimum absolute atomic E-state index is 0.853. The summed E-state index contributed by atoms with van der Waals surface area (Å²) in [6, 6.07) is 6.62. The number of rotatable bonds is 9. The molecule has 0 saturated carbocycles. The van der Waals surface area contributed by atoms with Crippen molar-refractivity contribution in [2.24, 2.45) is 0 Å². The van der Waals surface area contributed by atoms with E-state index in [1.807, 2.05) is 0 Å². The Morgan fingerprint density at radius 2 is 2.00 bits per heavy atom. The summed E-state index contributed by atoms with van der Waals surface area (Å²) in [5.74, 6) is 1.09. The van der Waals surface area contributed by atoms with Gasteiger partial charge in [0.2, 0.25) is 0 Å². The van der Waals surface area contributed by atoms with Crippen LogP contribution in [0.2, 0.25) is 0 Å². The van der Waals surface area contributed by atoms with Gasteiger partial charge in [-0.25, -0.2) is 0 Å². The van der Waals surface area contributed by atoms with Crippen LogP contribution in [0.1, 0.15) is 36.8 Å². The van der Waals surface area contributed by atoms with Crippen LogP contribution < -0.4 is 10.1 Å². The maximum atomic E-state index is 5.52. The predicted octanol–water partition coefficient (Wildman–Crippen LogP) is 3.71. The van der Waals surface area contributed by atoms with Gasteiger partial charge in [-0.05, 0) is 49.5 Å². The van der Waals surface area contributed by atoms with Crippen molar-refractivity contribution >= 4 is 15.9 Å². The lowest BCUT2D eigenvalue weighted by atomic mass is 10.1. The third-order valence-electron chi connectivity index (χ3n) is 3.58. The van der Waals surface area contributed by atoms with E-state index in [9.17, 15) is 0 Å². The summed E-state index contributed by atoms with van der Waals surface area (Å²) in [6.45, 7) is 3.08. The van der Waals surface area contributed by atoms with Crippen molar-refractivity contribution in [3.8, 4) is 5.75 Å². The van der Waals surface area contributed by atoms with Crippen LogP contribution in [-0.4, -0.2) is 25.0 Å². The van der Waals surface area contributed by atoms with Crippen molar-refractivity contribution < 1.29 is 4.74 Å². The molecule has 2 nitrogen and oxygen atoms in total. The third-order valence-corrected chi connectivity index (χ3v) is 4.14. The lowest BCUT2D eigenvalue weighted by molar-refractivity contribution is 0.357. The summed E-state index contributed by atoms with van der Waals surface area (Å²) in [5, 5.41) is 4.68. The van der Waals surface area contributed by atoms with Crippen LogP contribution in [0.25, 0.3) is 0 Å². The molecule has 1 aromatic rings. The first-order chi connectivity index (χ1) is 9.40. The highest BCUT2D eigenvalue weighted by atomic mass is 79.9. The van der Waals surface area contributed by atoms with E-state index in [0.29, 0.717) is 0 Å². The fourth-order valence-electron chi connectivity index (χ4n) is 2.45. The summed E-state index contributed by atoms with van der Waals surface area (Å²) in [5.41, 5.74) is 2.81. The molecule has 0 saturated heterocycles. The van der Waals surface area contributed by atoms with Crippen molar-refractivity contribution in [3.63, 3.8) is 0 Å². The molecule has 0 spiro atoms. The molecule has 0 amide bonds. The molecule has 0 atom stereocenters. The van der Waals surface area contributed by atoms with Gasteiger partial charge in [-0.3, -0.25) is 0 Å². The highest BCUT2D eigenvalue weighted by Gasteiger charge is 2.11. The first-order valence-corrected chi connectivity index (χ1v) is 8.53. The molecule has 0 bridgehead atoms. The maximum Gasteiger partial charge on any atom is 0.122 e. The fourth-order valence-corrected chi connectivity index (χ4v) is 2.85. The molecule has 1 heterocycles. The van der Waals surface area contributed by atoms with Gasteiger partial charge in [0, 0.05) is 11.8 Å². The fraction of sp³-hybridized carbons (Fsp3) is 0.625. The Labute approximate surface area is 125 Å². The zero-order valence-electron chi connectivity index (χ0n) is 11.6. The van der Waals surface area contributed by atoms with E-state index >= 15 is 0 Å². The van der Waals surface area contributed by atoms with Crippen molar-refractivity contribution in [2.45, 2.75) is 38.5 Å². The number of ether oxygens (including phenoxy) is 1. The van der Waals surface area contributed by atoms with Crippen molar-refractivity contribution in [2.75, 3.05) is 25.0 Å². The van der Waals surface area contributed by atoms with Crippen molar-refractivity contribution in [1.82, 2.24) is 5.32 Å². The van der Waals surface area contributed by atoms with E-state index in [4.69, 9.17) is 4.74 Å². The Morgan fingerprint density at radius 1 is 1.11 bits per heavy atom. The van der Waals surface area contributed by atoms with E-state index in [1.54, 1.807) is 0 Å². The largest absolute Gasteiger partial charge is 0.493 e. The zero-order valence-corrected chi connectivity index (χ0v) is 13.2. The standard InChI is InChI=1S/C16H24BrNO/c17-9-3-1-2-4-10-18-11-7-14-5-6-16-15(13-14)8-12-19-16/h5-6,13,18H,1-4,7-12H2. The van der Waals surface area contributed by atoms with Crippen LogP contribution in [0.3, 0.4) is 0 Å². The SMILES string of the molecule is BrCCCCCCNCCc1ccc2c(c1)CCO2. The number of hydrogen-bond acceptors (Lipinski definition) is 2. The Balaban J connectivity index is 1.56. The number of unbranched alkanes of at least 4 members (excludes halogenated alkanes) is 3. The van der Waals surface area contributed by atoms with Gasteiger partial charge in [-0.15, -0.1) is 0 Å². The van der Waals surface area contributed by atoms with Gasteiger partial charge in [0.1, 0.15) is 5.75 Å². The average molecular weight is 326 g/mol. The Bertz CT molecular complexity index is 381. The summed E-state index contributed by atoms with van der Waals surface area (Å²) >= 11 is 3.47. The molecule has 0 unspecified atom stereocenters. The van der Waals surface area contributed by atoms with E-state index < -0.39 is 0 Å². The van der Waals surface area contributed by atoms with E-state index in [1.165, 1.54) is 36.8 Å². The number of fused-ring (bicyclic) bond motifs is 1. The molecule has 0 fully saturated rings. The molecule has 0 radical (unpaired) electrons. The van der Waals surface area contributed by atoms with Crippen LogP contribution in [0, 0.1) is 0 Å². The third kappa shape index (κ3) is 5.15. The molecule has 19 heavy (non-hydrogen) atoms. The molecular weight excluding hydrogens is 302 g/mol. The van der Waals surface area contributed by atoms with Crippen LogP contribution in [0.15, 0.2) is 18.2 Å². The summed E-state index contributed by atoms with van der Waals surface area (Å²) < 4.78 is 5.52. The molecule has 106 valence electrons. The number of benzene rings is 1. The highest BCUT2D eigenvalue weighted by Crippen LogP contribution is 2.25. The molecule has 1 N–H and O–H groups in total. The molecule has 0 aromatic heterocycles. The minimum Gasteiger partial charge on any atom is -0.493 e. The van der Waals surface area contributed by atoms with E-state index in [0.717, 1.165) is 43.6 Å². The lowest BCUT2D eigenvalue weighted by Crippen LogP contribution is -2.18. The van der Waals surface area contributed by atoms with Gasteiger partial charge in [0.05, 0.1) is 6.61 Å². The normalized spacial score (nSPS) is 13.3. The smallest absolute Gasteiger partial charge is 0.122 e. The molecule has 3 heteroatoms. The summed E-state index contributed by atoms with van der Waals surface area (Å²) in [7, 11) is 0. The van der Waals surface area contributed by atoms with E-state index in [-0.39, 0.29) is 0 Å². The second-order valence-electron chi connectivity index (χ2n) is 5.14. The number of hydrogen-bond donors (Lipinski definition) is 1. The van der Waals surface area contributed by atoms with Gasteiger partial charge in [-0.1, -0.05) is 40.9 Å². The van der Waals surface area contributed by atoms with Gasteiger partial charge < -0.3 is 10.1 Å². The van der Waals surface area contributed by atoms with Crippen LogP contribution in [-0.2, 0) is 12.8 Å². The molecule has 2 rings (SSSR count). The second-order valence-corrected chi connectivity index (χ2v) is 5.94. The first-order valence-electron chi connectivity index (χ1n) is 7.41. The summed E-state index contributed by atoms with van der Waals surface area (Å²) in [4.78, 5) is 0. The number of nitrogens with one attached hydrogen (secondary N) is 1. The first kappa shape index (κ1) is 14.9. The van der Waals surface area contributed by atoms with Crippen molar-refractivity contribution in [3.05, 3.63) is 29.3 Å². The molecule has 0 aliphatic carbocycles. The van der Waals surface area contributed by atoms with Gasteiger partial charge >= 0.3 is 0 Å². The topological polar surface area (TPSA) is 21.3 Å². The maximum absolute atomic E-state index is 5.52. The Kier molecular flexibility index (Phi) is 6.72. The molecular formula is C16H24BrNO. The highest BCUT2D eigenvalue weighted by molar-refractivity contribution is 9.09. The lowest BCUT2D eigenvalue weighted by Gasteiger charge is -2.06. The number of alkyl halides is 1. The Hall–Kier alpha value is -0.540. The molecule has 1 aliphatic rings. The predicted molar refractivity (Wildman–Crippen MR) is 84.5 cm³/mol. The van der Waals surface area contributed by atoms with Crippen LogP contribution in [0.4, 0.5) is 0 Å². The number of halogens is 1. The van der Waals surface area contributed by atoms with Crippen molar-refractivity contribution in [1.29, 1.82) is 0 Å². The monoisotopic (exact) mass is 325 g/mol. The zero-order chi connectivity index (χ0) is 13.3. The van der Waals surface area contributed by atoms with Gasteiger partial charge in [0.15, 0.2) is 0 Å². The quantitative estimate of drug-likeness (QED) is 0.552. The Morgan fingerprint density at radius 3 is 2.89 bits per heavy atom. The van der Waals surface area contributed by atoms with Crippen LogP contribution in [0.5, 0.6) is 5.75 Å². The van der Waals surface area contributed by atoms with E-state index in [2.05, 4.69) is 39.4 Å². The molecule has 1 aromatic carbocycles. The average Bonchev–Trinajstić information content (AvgIpc) is 2.89. The van der Waals surface area contributed by atoms with Gasteiger partial charge in [-0.2, -0.15) is 0 Å².